The van der Waals surface area contributed by atoms with Gasteiger partial charge < -0.3 is 4.74 Å². The van der Waals surface area contributed by atoms with Gasteiger partial charge in [-0.3, -0.25) is 14.3 Å². The van der Waals surface area contributed by atoms with E-state index in [0.29, 0.717) is 47.3 Å². The van der Waals surface area contributed by atoms with Crippen molar-refractivity contribution in [1.82, 2.24) is 4.72 Å². The fourth-order valence-corrected chi connectivity index (χ4v) is 12.0. The SMILES string of the molecule is CC1C(C)C2CC1C1C3CC(C(C(=O)OC4C5CC6CC(C5)CC4C6)C3C(=O)NS(C)(=O)=O)C21. The standard InChI is InChI=1S/C27H39NO5S/c1-11-12(2)18-9-17(11)21-19-10-20(22(18)21)24(23(19)26(29)28-34(3,31)32)27(30)33-25-15-5-13-4-14(7-15)8-16(25)6-13/h11-25H,4-10H2,1-3H3,(H,28,29). The summed E-state index contributed by atoms with van der Waals surface area (Å²) in [5.41, 5.74) is 0. The molecule has 8 bridgehead atoms. The van der Waals surface area contributed by atoms with E-state index in [0.717, 1.165) is 24.5 Å². The first-order valence-electron chi connectivity index (χ1n) is 13.8. The molecule has 0 heterocycles. The van der Waals surface area contributed by atoms with E-state index >= 15 is 0 Å². The van der Waals surface area contributed by atoms with Crippen LogP contribution in [-0.4, -0.2) is 32.7 Å². The van der Waals surface area contributed by atoms with Gasteiger partial charge in [0.05, 0.1) is 18.1 Å². The lowest BCUT2D eigenvalue weighted by atomic mass is 9.55. The first kappa shape index (κ1) is 22.1. The molecule has 0 saturated heterocycles. The minimum Gasteiger partial charge on any atom is -0.462 e. The lowest BCUT2D eigenvalue weighted by Gasteiger charge is -2.54. The first-order valence-corrected chi connectivity index (χ1v) is 15.7. The third-order valence-electron chi connectivity index (χ3n) is 12.3. The van der Waals surface area contributed by atoms with Gasteiger partial charge in [0, 0.05) is 0 Å². The van der Waals surface area contributed by atoms with Crippen molar-refractivity contribution in [3.63, 3.8) is 0 Å². The van der Waals surface area contributed by atoms with Gasteiger partial charge in [-0.25, -0.2) is 8.42 Å². The maximum absolute atomic E-state index is 13.9. The molecule has 6 nitrogen and oxygen atoms in total. The van der Waals surface area contributed by atoms with Gasteiger partial charge in [-0.2, -0.15) is 0 Å². The van der Waals surface area contributed by atoms with Crippen LogP contribution in [0.4, 0.5) is 0 Å². The number of carbonyl (C=O) groups excluding carboxylic acids is 2. The van der Waals surface area contributed by atoms with Crippen LogP contribution in [0.15, 0.2) is 0 Å². The molecule has 8 aliphatic rings. The molecule has 0 aromatic heterocycles. The van der Waals surface area contributed by atoms with Crippen molar-refractivity contribution < 1.29 is 22.7 Å². The Hall–Kier alpha value is -1.11. The molecule has 10 unspecified atom stereocenters. The predicted molar refractivity (Wildman–Crippen MR) is 125 cm³/mol. The van der Waals surface area contributed by atoms with Gasteiger partial charge in [0.1, 0.15) is 6.10 Å². The normalized spacial score (nSPS) is 56.0. The third kappa shape index (κ3) is 3.00. The molecule has 10 atom stereocenters. The average molecular weight is 490 g/mol. The first-order chi connectivity index (χ1) is 16.1. The number of hydrogen-bond acceptors (Lipinski definition) is 5. The molecule has 8 saturated carbocycles. The van der Waals surface area contributed by atoms with Crippen molar-refractivity contribution >= 4 is 21.9 Å². The molecule has 0 aromatic carbocycles. The van der Waals surface area contributed by atoms with Crippen LogP contribution in [0.3, 0.4) is 0 Å². The molecule has 7 heteroatoms. The summed E-state index contributed by atoms with van der Waals surface area (Å²) >= 11 is 0. The Morgan fingerprint density at radius 1 is 0.735 bits per heavy atom. The van der Waals surface area contributed by atoms with Crippen LogP contribution in [0, 0.1) is 82.9 Å². The van der Waals surface area contributed by atoms with E-state index in [9.17, 15) is 18.0 Å². The van der Waals surface area contributed by atoms with Gasteiger partial charge in [0.2, 0.25) is 15.9 Å². The lowest BCUT2D eigenvalue weighted by molar-refractivity contribution is -0.182. The van der Waals surface area contributed by atoms with E-state index in [1.54, 1.807) is 0 Å². The van der Waals surface area contributed by atoms with Crippen LogP contribution in [0.25, 0.3) is 0 Å². The smallest absolute Gasteiger partial charge is 0.310 e. The number of fused-ring (bicyclic) bond motifs is 9. The minimum atomic E-state index is -3.67. The Kier molecular flexibility index (Phi) is 4.70. The molecular weight excluding hydrogens is 450 g/mol. The van der Waals surface area contributed by atoms with E-state index in [1.807, 2.05) is 0 Å². The Morgan fingerprint density at radius 2 is 1.24 bits per heavy atom. The predicted octanol–water partition coefficient (Wildman–Crippen LogP) is 3.47. The zero-order chi connectivity index (χ0) is 23.7. The zero-order valence-electron chi connectivity index (χ0n) is 20.6. The van der Waals surface area contributed by atoms with Crippen LogP contribution in [0.2, 0.25) is 0 Å². The highest BCUT2D eigenvalue weighted by atomic mass is 32.2. The molecule has 1 N–H and O–H groups in total. The summed E-state index contributed by atoms with van der Waals surface area (Å²) in [4.78, 5) is 27.2. The van der Waals surface area contributed by atoms with E-state index < -0.39 is 27.8 Å². The summed E-state index contributed by atoms with van der Waals surface area (Å²) in [6, 6.07) is 0. The van der Waals surface area contributed by atoms with E-state index in [2.05, 4.69) is 18.6 Å². The van der Waals surface area contributed by atoms with E-state index in [1.165, 1.54) is 38.5 Å². The van der Waals surface area contributed by atoms with Crippen molar-refractivity contribution in [2.24, 2.45) is 82.9 Å². The van der Waals surface area contributed by atoms with Crippen molar-refractivity contribution in [1.29, 1.82) is 0 Å². The molecular formula is C27H39NO5S. The third-order valence-corrected chi connectivity index (χ3v) is 12.8. The number of hydrogen-bond donors (Lipinski definition) is 1. The summed E-state index contributed by atoms with van der Waals surface area (Å²) in [6.45, 7) is 4.72. The number of sulfonamides is 1. The summed E-state index contributed by atoms with van der Waals surface area (Å²) in [5, 5.41) is 0. The van der Waals surface area contributed by atoms with Gasteiger partial charge >= 0.3 is 5.97 Å². The Morgan fingerprint density at radius 3 is 1.76 bits per heavy atom. The van der Waals surface area contributed by atoms with Crippen molar-refractivity contribution in [3.8, 4) is 0 Å². The van der Waals surface area contributed by atoms with Crippen LogP contribution < -0.4 is 4.72 Å². The van der Waals surface area contributed by atoms with E-state index in [-0.39, 0.29) is 23.9 Å². The average Bonchev–Trinajstić information content (AvgIpc) is 3.47. The fraction of sp³-hybridized carbons (Fsp3) is 0.926. The molecule has 8 aliphatic carbocycles. The fourth-order valence-electron chi connectivity index (χ4n) is 11.5. The summed E-state index contributed by atoms with van der Waals surface area (Å²) in [7, 11) is -3.67. The number of carbonyl (C=O) groups is 2. The second-order valence-corrected chi connectivity index (χ2v) is 15.4. The summed E-state index contributed by atoms with van der Waals surface area (Å²) in [6.07, 6.45) is 9.22. The number of esters is 1. The van der Waals surface area contributed by atoms with Gasteiger partial charge in [-0.15, -0.1) is 0 Å². The van der Waals surface area contributed by atoms with Gasteiger partial charge in [-0.05, 0) is 116 Å². The molecule has 8 fully saturated rings. The lowest BCUT2D eigenvalue weighted by Crippen LogP contribution is -2.53. The van der Waals surface area contributed by atoms with Crippen LogP contribution in [0.1, 0.15) is 58.8 Å². The number of ether oxygens (including phenoxy) is 1. The maximum Gasteiger partial charge on any atom is 0.310 e. The van der Waals surface area contributed by atoms with Crippen LogP contribution >= 0.6 is 0 Å². The van der Waals surface area contributed by atoms with Gasteiger partial charge in [0.15, 0.2) is 0 Å². The largest absolute Gasteiger partial charge is 0.462 e. The van der Waals surface area contributed by atoms with Crippen molar-refractivity contribution in [2.75, 3.05) is 6.26 Å². The van der Waals surface area contributed by atoms with Crippen LogP contribution in [0.5, 0.6) is 0 Å². The van der Waals surface area contributed by atoms with Crippen LogP contribution in [-0.2, 0) is 24.3 Å². The molecule has 0 aromatic rings. The molecule has 188 valence electrons. The second-order valence-electron chi connectivity index (χ2n) is 13.6. The highest BCUT2D eigenvalue weighted by Crippen LogP contribution is 2.73. The van der Waals surface area contributed by atoms with Crippen molar-refractivity contribution in [2.45, 2.75) is 64.9 Å². The molecule has 1 amide bonds. The zero-order valence-corrected chi connectivity index (χ0v) is 21.4. The maximum atomic E-state index is 13.9. The van der Waals surface area contributed by atoms with Gasteiger partial charge in [-0.1, -0.05) is 13.8 Å². The Bertz CT molecular complexity index is 996. The number of rotatable bonds is 4. The second kappa shape index (κ2) is 7.23. The summed E-state index contributed by atoms with van der Waals surface area (Å²) in [5.74, 6) is 4.67. The van der Waals surface area contributed by atoms with Crippen molar-refractivity contribution in [3.05, 3.63) is 0 Å². The Labute approximate surface area is 203 Å². The summed E-state index contributed by atoms with van der Waals surface area (Å²) < 4.78 is 32.6. The van der Waals surface area contributed by atoms with E-state index in [4.69, 9.17) is 4.74 Å². The monoisotopic (exact) mass is 489 g/mol. The van der Waals surface area contributed by atoms with Gasteiger partial charge in [0.25, 0.3) is 0 Å². The molecule has 0 aliphatic heterocycles. The number of amides is 1. The highest BCUT2D eigenvalue weighted by molar-refractivity contribution is 7.89. The quantitative estimate of drug-likeness (QED) is 0.483. The molecule has 8 rings (SSSR count). The highest BCUT2D eigenvalue weighted by Gasteiger charge is 2.71. The number of nitrogens with one attached hydrogen (secondary N) is 1. The minimum absolute atomic E-state index is 0.00724. The molecule has 34 heavy (non-hydrogen) atoms. The Balaban J connectivity index is 1.18. The molecule has 0 radical (unpaired) electrons. The topological polar surface area (TPSA) is 89.5 Å². The molecule has 0 spiro atoms.